The summed E-state index contributed by atoms with van der Waals surface area (Å²) < 4.78 is 3.70. The van der Waals surface area contributed by atoms with Crippen molar-refractivity contribution >= 4 is 16.6 Å². The number of anilines is 1. The Labute approximate surface area is 169 Å². The van der Waals surface area contributed by atoms with Crippen LogP contribution in [0.1, 0.15) is 41.1 Å². The van der Waals surface area contributed by atoms with Crippen molar-refractivity contribution in [2.24, 2.45) is 7.05 Å². The van der Waals surface area contributed by atoms with Gasteiger partial charge in [-0.05, 0) is 73.2 Å². The zero-order valence-corrected chi connectivity index (χ0v) is 16.6. The Morgan fingerprint density at radius 1 is 1.17 bits per heavy atom. The molecule has 2 aromatic heterocycles. The summed E-state index contributed by atoms with van der Waals surface area (Å²) >= 11 is 0. The number of fused-ring (bicyclic) bond motifs is 2. The van der Waals surface area contributed by atoms with Gasteiger partial charge >= 0.3 is 0 Å². The highest BCUT2D eigenvalue weighted by Gasteiger charge is 2.23. The van der Waals surface area contributed by atoms with Crippen LogP contribution < -0.4 is 5.32 Å². The summed E-state index contributed by atoms with van der Waals surface area (Å²) in [5.74, 6) is 0. The number of hydrogen-bond acceptors (Lipinski definition) is 4. The van der Waals surface area contributed by atoms with Crippen LogP contribution >= 0.6 is 0 Å². The predicted molar refractivity (Wildman–Crippen MR) is 113 cm³/mol. The molecule has 0 bridgehead atoms. The highest BCUT2D eigenvalue weighted by atomic mass is 15.3. The molecule has 0 aliphatic heterocycles. The van der Waals surface area contributed by atoms with E-state index in [0.717, 1.165) is 47.1 Å². The molecule has 144 valence electrons. The van der Waals surface area contributed by atoms with Crippen molar-refractivity contribution in [3.05, 3.63) is 71.2 Å². The molecule has 1 aliphatic carbocycles. The van der Waals surface area contributed by atoms with E-state index < -0.39 is 0 Å². The van der Waals surface area contributed by atoms with Crippen LogP contribution in [-0.4, -0.2) is 19.6 Å². The summed E-state index contributed by atoms with van der Waals surface area (Å²) in [6.07, 6.45) is 8.90. The molecule has 1 atom stereocenters. The molecule has 29 heavy (non-hydrogen) atoms. The lowest BCUT2D eigenvalue weighted by atomic mass is 9.83. The van der Waals surface area contributed by atoms with Crippen LogP contribution in [0.5, 0.6) is 0 Å². The Morgan fingerprint density at radius 3 is 2.86 bits per heavy atom. The average Bonchev–Trinajstić information content (AvgIpc) is 3.33. The first kappa shape index (κ1) is 17.5. The second-order valence-electron chi connectivity index (χ2n) is 7.77. The topological polar surface area (TPSA) is 71.5 Å². The Hall–Kier alpha value is -3.59. The maximum Gasteiger partial charge on any atom is 0.103 e. The van der Waals surface area contributed by atoms with E-state index in [1.54, 1.807) is 4.68 Å². The first-order chi connectivity index (χ1) is 14.1. The molecule has 0 spiro atoms. The first-order valence-electron chi connectivity index (χ1n) is 9.89. The summed E-state index contributed by atoms with van der Waals surface area (Å²) in [7, 11) is 1.91. The molecule has 0 unspecified atom stereocenters. The lowest BCUT2D eigenvalue weighted by Crippen LogP contribution is -2.19. The fourth-order valence-corrected chi connectivity index (χ4v) is 4.46. The third-order valence-corrected chi connectivity index (χ3v) is 5.74. The summed E-state index contributed by atoms with van der Waals surface area (Å²) in [5, 5.41) is 22.9. The zero-order chi connectivity index (χ0) is 20.0. The number of benzene rings is 2. The second kappa shape index (κ2) is 6.78. The number of aromatic nitrogens is 4. The third-order valence-electron chi connectivity index (χ3n) is 5.74. The SMILES string of the molecule is Cc1cc(C#N)cc2c1[C@H](Nc1ccc3cnn(-c4cnn(C)c4)c3c1)CCC2. The maximum absolute atomic E-state index is 9.29. The third kappa shape index (κ3) is 3.05. The average molecular weight is 382 g/mol. The normalized spacial score (nSPS) is 15.8. The van der Waals surface area contributed by atoms with Gasteiger partial charge < -0.3 is 5.32 Å². The Bertz CT molecular complexity index is 1260. The molecule has 6 nitrogen and oxygen atoms in total. The van der Waals surface area contributed by atoms with Crippen LogP contribution in [0.4, 0.5) is 5.69 Å². The predicted octanol–water partition coefficient (Wildman–Crippen LogP) is 4.43. The highest BCUT2D eigenvalue weighted by Crippen LogP contribution is 2.36. The van der Waals surface area contributed by atoms with Gasteiger partial charge in [-0.25, -0.2) is 4.68 Å². The van der Waals surface area contributed by atoms with Gasteiger partial charge in [0.05, 0.1) is 41.8 Å². The molecule has 1 aliphatic rings. The van der Waals surface area contributed by atoms with Gasteiger partial charge in [0.15, 0.2) is 0 Å². The van der Waals surface area contributed by atoms with Gasteiger partial charge in [-0.1, -0.05) is 0 Å². The standard InChI is InChI=1S/C23H22N6/c1-15-8-16(11-24)9-17-4-3-5-21(23(15)17)27-19-7-6-18-12-26-29(22(18)10-19)20-13-25-28(2)14-20/h6-10,12-14,21,27H,3-5H2,1-2H3/t21-/m1/s1. The molecule has 0 saturated carbocycles. The van der Waals surface area contributed by atoms with Crippen molar-refractivity contribution in [1.82, 2.24) is 19.6 Å². The second-order valence-corrected chi connectivity index (χ2v) is 7.77. The highest BCUT2D eigenvalue weighted by molar-refractivity contribution is 5.83. The monoisotopic (exact) mass is 382 g/mol. The van der Waals surface area contributed by atoms with E-state index in [0.29, 0.717) is 0 Å². The molecule has 0 radical (unpaired) electrons. The number of rotatable bonds is 3. The minimum Gasteiger partial charge on any atom is -0.378 e. The van der Waals surface area contributed by atoms with E-state index in [4.69, 9.17) is 0 Å². The van der Waals surface area contributed by atoms with Crippen molar-refractivity contribution in [3.63, 3.8) is 0 Å². The fraction of sp³-hybridized carbons (Fsp3) is 0.261. The van der Waals surface area contributed by atoms with Gasteiger partial charge in [0.2, 0.25) is 0 Å². The molecule has 2 aromatic carbocycles. The first-order valence-corrected chi connectivity index (χ1v) is 9.89. The van der Waals surface area contributed by atoms with E-state index >= 15 is 0 Å². The van der Waals surface area contributed by atoms with Gasteiger partial charge in [0, 0.05) is 18.1 Å². The Morgan fingerprint density at radius 2 is 2.07 bits per heavy atom. The number of aryl methyl sites for hydroxylation is 3. The van der Waals surface area contributed by atoms with E-state index in [1.807, 2.05) is 36.4 Å². The van der Waals surface area contributed by atoms with Crippen molar-refractivity contribution in [2.45, 2.75) is 32.2 Å². The zero-order valence-electron chi connectivity index (χ0n) is 16.6. The molecule has 5 rings (SSSR count). The van der Waals surface area contributed by atoms with Crippen molar-refractivity contribution < 1.29 is 0 Å². The van der Waals surface area contributed by atoms with Crippen LogP contribution in [-0.2, 0) is 13.5 Å². The summed E-state index contributed by atoms with van der Waals surface area (Å²) in [6.45, 7) is 2.11. The minimum absolute atomic E-state index is 0.249. The van der Waals surface area contributed by atoms with Crippen molar-refractivity contribution in [2.75, 3.05) is 5.32 Å². The van der Waals surface area contributed by atoms with E-state index in [-0.39, 0.29) is 6.04 Å². The lowest BCUT2D eigenvalue weighted by molar-refractivity contribution is 0.597. The number of nitrogens with one attached hydrogen (secondary N) is 1. The summed E-state index contributed by atoms with van der Waals surface area (Å²) in [5.41, 5.74) is 7.66. The maximum atomic E-state index is 9.29. The molecule has 1 N–H and O–H groups in total. The summed E-state index contributed by atoms with van der Waals surface area (Å²) in [4.78, 5) is 0. The number of hydrogen-bond donors (Lipinski definition) is 1. The Balaban J connectivity index is 1.51. The van der Waals surface area contributed by atoms with Gasteiger partial charge in [0.1, 0.15) is 5.69 Å². The van der Waals surface area contributed by atoms with Gasteiger partial charge in [0.25, 0.3) is 0 Å². The van der Waals surface area contributed by atoms with Gasteiger partial charge in [-0.2, -0.15) is 15.5 Å². The van der Waals surface area contributed by atoms with Crippen LogP contribution in [0.15, 0.2) is 48.9 Å². The molecule has 6 heteroatoms. The number of nitriles is 1. The molecule has 0 saturated heterocycles. The Kier molecular flexibility index (Phi) is 4.09. The largest absolute Gasteiger partial charge is 0.378 e. The van der Waals surface area contributed by atoms with E-state index in [9.17, 15) is 5.26 Å². The molecule has 0 amide bonds. The lowest BCUT2D eigenvalue weighted by Gasteiger charge is -2.29. The van der Waals surface area contributed by atoms with Crippen LogP contribution in [0.25, 0.3) is 16.6 Å². The van der Waals surface area contributed by atoms with Crippen LogP contribution in [0, 0.1) is 18.3 Å². The van der Waals surface area contributed by atoms with Crippen molar-refractivity contribution in [3.8, 4) is 11.8 Å². The van der Waals surface area contributed by atoms with E-state index in [1.165, 1.54) is 16.7 Å². The van der Waals surface area contributed by atoms with Crippen LogP contribution in [0.3, 0.4) is 0 Å². The molecule has 2 heterocycles. The molecular weight excluding hydrogens is 360 g/mol. The van der Waals surface area contributed by atoms with Gasteiger partial charge in [-0.15, -0.1) is 0 Å². The number of nitrogens with zero attached hydrogens (tertiary/aromatic N) is 5. The summed E-state index contributed by atoms with van der Waals surface area (Å²) in [6, 6.07) is 13.0. The minimum atomic E-state index is 0.249. The molecular formula is C23H22N6. The quantitative estimate of drug-likeness (QED) is 0.569. The molecule has 0 fully saturated rings. The van der Waals surface area contributed by atoms with Crippen molar-refractivity contribution in [1.29, 1.82) is 5.26 Å². The van der Waals surface area contributed by atoms with Gasteiger partial charge in [-0.3, -0.25) is 4.68 Å². The fourth-order valence-electron chi connectivity index (χ4n) is 4.46. The molecule has 4 aromatic rings. The smallest absolute Gasteiger partial charge is 0.103 e. The van der Waals surface area contributed by atoms with E-state index in [2.05, 4.69) is 52.8 Å². The van der Waals surface area contributed by atoms with Crippen LogP contribution in [0.2, 0.25) is 0 Å².